The van der Waals surface area contributed by atoms with Crippen LogP contribution < -0.4 is 4.74 Å². The lowest BCUT2D eigenvalue weighted by molar-refractivity contribution is 0.322. The number of ether oxygens (including phenoxy) is 1. The number of aryl methyl sites for hydroxylation is 1. The second-order valence-corrected chi connectivity index (χ2v) is 7.37. The number of benzene rings is 1. The number of nitrogens with zero attached hydrogens (tertiary/aromatic N) is 1. The van der Waals surface area contributed by atoms with Gasteiger partial charge < -0.3 is 4.74 Å². The Bertz CT molecular complexity index is 650. The standard InChI is InChI=1S/C12H12ClNO3S2/c1-9-12(18-8-14-9)6-7-17-10-2-4-11(5-3-10)19(13,15)16/h2-5,8H,6-7H2,1H3. The van der Waals surface area contributed by atoms with Crippen LogP contribution >= 0.6 is 22.0 Å². The molecule has 0 bridgehead atoms. The molecule has 1 heterocycles. The van der Waals surface area contributed by atoms with Crippen molar-refractivity contribution in [2.45, 2.75) is 18.2 Å². The molecule has 0 radical (unpaired) electrons. The molecule has 4 nitrogen and oxygen atoms in total. The number of aromatic nitrogens is 1. The van der Waals surface area contributed by atoms with E-state index in [1.54, 1.807) is 23.5 Å². The molecule has 7 heteroatoms. The summed E-state index contributed by atoms with van der Waals surface area (Å²) in [7, 11) is 1.55. The zero-order valence-electron chi connectivity index (χ0n) is 10.2. The maximum Gasteiger partial charge on any atom is 0.261 e. The Morgan fingerprint density at radius 3 is 2.53 bits per heavy atom. The summed E-state index contributed by atoms with van der Waals surface area (Å²) < 4.78 is 27.7. The summed E-state index contributed by atoms with van der Waals surface area (Å²) in [6.07, 6.45) is 0.784. The normalized spacial score (nSPS) is 11.5. The van der Waals surface area contributed by atoms with Gasteiger partial charge in [-0.2, -0.15) is 0 Å². The fraction of sp³-hybridized carbons (Fsp3) is 0.250. The van der Waals surface area contributed by atoms with Crippen LogP contribution in [0.5, 0.6) is 5.75 Å². The van der Waals surface area contributed by atoms with Crippen molar-refractivity contribution in [1.82, 2.24) is 4.98 Å². The van der Waals surface area contributed by atoms with E-state index in [1.807, 2.05) is 12.4 Å². The van der Waals surface area contributed by atoms with E-state index in [2.05, 4.69) is 4.98 Å². The van der Waals surface area contributed by atoms with E-state index in [9.17, 15) is 8.42 Å². The molecule has 0 saturated carbocycles. The van der Waals surface area contributed by atoms with Crippen molar-refractivity contribution in [3.63, 3.8) is 0 Å². The third-order valence-electron chi connectivity index (χ3n) is 2.55. The molecule has 0 fully saturated rings. The van der Waals surface area contributed by atoms with Crippen LogP contribution in [0.1, 0.15) is 10.6 Å². The Kier molecular flexibility index (Phi) is 4.44. The Morgan fingerprint density at radius 2 is 2.00 bits per heavy atom. The first kappa shape index (κ1) is 14.3. The van der Waals surface area contributed by atoms with Crippen molar-refractivity contribution in [2.75, 3.05) is 6.61 Å². The molecule has 1 aromatic heterocycles. The summed E-state index contributed by atoms with van der Waals surface area (Å²) in [6, 6.07) is 6.04. The topological polar surface area (TPSA) is 56.3 Å². The first-order valence-electron chi connectivity index (χ1n) is 5.53. The van der Waals surface area contributed by atoms with E-state index in [-0.39, 0.29) is 4.90 Å². The van der Waals surface area contributed by atoms with Crippen molar-refractivity contribution in [2.24, 2.45) is 0 Å². The van der Waals surface area contributed by atoms with E-state index < -0.39 is 9.05 Å². The van der Waals surface area contributed by atoms with Gasteiger partial charge in [-0.25, -0.2) is 13.4 Å². The molecule has 0 aliphatic carbocycles. The van der Waals surface area contributed by atoms with Gasteiger partial charge in [0, 0.05) is 22.0 Å². The predicted molar refractivity (Wildman–Crippen MR) is 75.5 cm³/mol. The van der Waals surface area contributed by atoms with Crippen LogP contribution in [-0.4, -0.2) is 20.0 Å². The first-order chi connectivity index (χ1) is 8.97. The molecule has 0 spiro atoms. The van der Waals surface area contributed by atoms with Crippen molar-refractivity contribution in [3.05, 3.63) is 40.3 Å². The number of halogens is 1. The van der Waals surface area contributed by atoms with Gasteiger partial charge in [-0.15, -0.1) is 11.3 Å². The lowest BCUT2D eigenvalue weighted by Crippen LogP contribution is -2.01. The second-order valence-electron chi connectivity index (χ2n) is 3.87. The molecule has 0 unspecified atom stereocenters. The number of rotatable bonds is 5. The number of hydrogen-bond donors (Lipinski definition) is 0. The molecular weight excluding hydrogens is 306 g/mol. The number of hydrogen-bond acceptors (Lipinski definition) is 5. The minimum absolute atomic E-state index is 0.0693. The Labute approximate surface area is 120 Å². The van der Waals surface area contributed by atoms with Crippen molar-refractivity contribution < 1.29 is 13.2 Å². The quantitative estimate of drug-likeness (QED) is 0.795. The van der Waals surface area contributed by atoms with Crippen LogP contribution in [0.25, 0.3) is 0 Å². The highest BCUT2D eigenvalue weighted by Crippen LogP contribution is 2.19. The summed E-state index contributed by atoms with van der Waals surface area (Å²) in [6.45, 7) is 2.49. The zero-order valence-corrected chi connectivity index (χ0v) is 12.6. The lowest BCUT2D eigenvalue weighted by atomic mass is 10.3. The van der Waals surface area contributed by atoms with E-state index in [0.717, 1.165) is 12.1 Å². The van der Waals surface area contributed by atoms with Crippen LogP contribution in [0.2, 0.25) is 0 Å². The minimum Gasteiger partial charge on any atom is -0.493 e. The zero-order chi connectivity index (χ0) is 13.9. The summed E-state index contributed by atoms with van der Waals surface area (Å²) in [5.41, 5.74) is 2.84. The molecule has 2 aromatic rings. The van der Waals surface area contributed by atoms with Crippen LogP contribution in [0.4, 0.5) is 0 Å². The van der Waals surface area contributed by atoms with Crippen LogP contribution in [0.15, 0.2) is 34.7 Å². The monoisotopic (exact) mass is 317 g/mol. The second kappa shape index (κ2) is 5.90. The summed E-state index contributed by atoms with van der Waals surface area (Å²) in [5.74, 6) is 0.617. The molecule has 0 atom stereocenters. The summed E-state index contributed by atoms with van der Waals surface area (Å²) >= 11 is 1.60. The highest BCUT2D eigenvalue weighted by Gasteiger charge is 2.09. The average Bonchev–Trinajstić information content (AvgIpc) is 2.75. The van der Waals surface area contributed by atoms with Gasteiger partial charge in [-0.1, -0.05) is 0 Å². The molecule has 2 rings (SSSR count). The smallest absolute Gasteiger partial charge is 0.261 e. The van der Waals surface area contributed by atoms with Crippen molar-refractivity contribution in [3.8, 4) is 5.75 Å². The van der Waals surface area contributed by atoms with Gasteiger partial charge in [0.2, 0.25) is 0 Å². The summed E-state index contributed by atoms with van der Waals surface area (Å²) in [4.78, 5) is 5.43. The predicted octanol–water partition coefficient (Wildman–Crippen LogP) is 3.00. The third kappa shape index (κ3) is 3.92. The fourth-order valence-corrected chi connectivity index (χ4v) is 3.06. The molecule has 0 aliphatic heterocycles. The van der Waals surface area contributed by atoms with E-state index in [0.29, 0.717) is 12.4 Å². The maximum absolute atomic E-state index is 11.1. The van der Waals surface area contributed by atoms with Crippen LogP contribution in [0.3, 0.4) is 0 Å². The Morgan fingerprint density at radius 1 is 1.32 bits per heavy atom. The van der Waals surface area contributed by atoms with Crippen molar-refractivity contribution >= 4 is 31.1 Å². The van der Waals surface area contributed by atoms with Gasteiger partial charge in [0.15, 0.2) is 0 Å². The SMILES string of the molecule is Cc1ncsc1CCOc1ccc(S(=O)(=O)Cl)cc1. The lowest BCUT2D eigenvalue weighted by Gasteiger charge is -2.06. The maximum atomic E-state index is 11.1. The first-order valence-corrected chi connectivity index (χ1v) is 8.72. The van der Waals surface area contributed by atoms with Crippen molar-refractivity contribution in [1.29, 1.82) is 0 Å². The van der Waals surface area contributed by atoms with E-state index in [1.165, 1.54) is 17.0 Å². The molecule has 102 valence electrons. The van der Waals surface area contributed by atoms with Gasteiger partial charge in [0.25, 0.3) is 9.05 Å². The number of thiazole rings is 1. The van der Waals surface area contributed by atoms with Gasteiger partial charge in [-0.3, -0.25) is 0 Å². The molecule has 0 saturated heterocycles. The molecule has 19 heavy (non-hydrogen) atoms. The summed E-state index contributed by atoms with van der Waals surface area (Å²) in [5, 5.41) is 0. The van der Waals surface area contributed by atoms with Crippen LogP contribution in [-0.2, 0) is 15.5 Å². The average molecular weight is 318 g/mol. The molecular formula is C12H12ClNO3S2. The fourth-order valence-electron chi connectivity index (χ4n) is 1.53. The highest BCUT2D eigenvalue weighted by molar-refractivity contribution is 8.13. The van der Waals surface area contributed by atoms with Gasteiger partial charge in [0.05, 0.1) is 22.7 Å². The van der Waals surface area contributed by atoms with Gasteiger partial charge in [0.1, 0.15) is 5.75 Å². The molecule has 0 N–H and O–H groups in total. The largest absolute Gasteiger partial charge is 0.493 e. The minimum atomic E-state index is -3.67. The van der Waals surface area contributed by atoms with Gasteiger partial charge >= 0.3 is 0 Å². The van der Waals surface area contributed by atoms with Crippen LogP contribution in [0, 0.1) is 6.92 Å². The van der Waals surface area contributed by atoms with E-state index >= 15 is 0 Å². The Balaban J connectivity index is 1.92. The Hall–Kier alpha value is -1.11. The molecule has 0 amide bonds. The van der Waals surface area contributed by atoms with Gasteiger partial charge in [-0.05, 0) is 31.2 Å². The molecule has 0 aliphatic rings. The molecule has 1 aromatic carbocycles. The highest BCUT2D eigenvalue weighted by atomic mass is 35.7. The third-order valence-corrected chi connectivity index (χ3v) is 4.91. The van der Waals surface area contributed by atoms with E-state index in [4.69, 9.17) is 15.4 Å².